The van der Waals surface area contributed by atoms with Crippen molar-refractivity contribution >= 4 is 22.7 Å². The number of carbonyl (C=O) groups excluding carboxylic acids is 1. The molecule has 0 spiro atoms. The molecule has 1 N–H and O–H groups in total. The molecule has 0 fully saturated rings. The number of carboxylic acid groups (broad SMARTS) is 2. The number of carbonyl (C=O) groups is 2. The third-order valence-electron chi connectivity index (χ3n) is 7.57. The second-order valence-electron chi connectivity index (χ2n) is 10.9. The molecule has 0 bridgehead atoms. The van der Waals surface area contributed by atoms with E-state index < -0.39 is 22.7 Å². The summed E-state index contributed by atoms with van der Waals surface area (Å²) in [5.41, 5.74) is -0.343. The molecule has 0 saturated carbocycles. The summed E-state index contributed by atoms with van der Waals surface area (Å²) in [6.07, 6.45) is 16.9. The predicted octanol–water partition coefficient (Wildman–Crippen LogP) is 7.48. The highest BCUT2D eigenvalue weighted by Crippen LogP contribution is 2.23. The van der Waals surface area contributed by atoms with E-state index in [0.717, 1.165) is 0 Å². The Hall–Kier alpha value is -2.51. The zero-order chi connectivity index (χ0) is 30.5. The summed E-state index contributed by atoms with van der Waals surface area (Å²) in [7, 11) is -1.91. The minimum absolute atomic E-state index is 0.0150. The maximum Gasteiger partial charge on any atom is 0.336 e. The molecule has 1 unspecified atom stereocenters. The third kappa shape index (κ3) is 13.3. The van der Waals surface area contributed by atoms with Crippen LogP contribution in [0.2, 0.25) is 0 Å². The van der Waals surface area contributed by atoms with Crippen molar-refractivity contribution in [2.24, 2.45) is 0 Å². The van der Waals surface area contributed by atoms with Gasteiger partial charge in [0.2, 0.25) is 0 Å². The number of quaternary nitrogens is 1. The molecule has 0 heterocycles. The van der Waals surface area contributed by atoms with Crippen molar-refractivity contribution in [1.82, 2.24) is 0 Å². The van der Waals surface area contributed by atoms with Gasteiger partial charge in [0.05, 0.1) is 58.3 Å². The van der Waals surface area contributed by atoms with Crippen molar-refractivity contribution in [2.75, 3.05) is 26.2 Å². The number of hydrogen-bond donors (Lipinski definition) is 1. The van der Waals surface area contributed by atoms with Gasteiger partial charge in [-0.1, -0.05) is 83.7 Å². The van der Waals surface area contributed by atoms with Crippen molar-refractivity contribution in [1.29, 1.82) is 0 Å². The Morgan fingerprint density at radius 2 is 0.976 bits per heavy atom. The van der Waals surface area contributed by atoms with E-state index in [9.17, 15) is 18.9 Å². The molecule has 0 aliphatic heterocycles. The minimum Gasteiger partial charge on any atom is -0.545 e. The highest BCUT2D eigenvalue weighted by molar-refractivity contribution is 7.85. The largest absolute Gasteiger partial charge is 0.545 e. The van der Waals surface area contributed by atoms with Crippen LogP contribution in [-0.2, 0) is 10.8 Å². The molecule has 1 atom stereocenters. The number of benzene rings is 2. The molecule has 2 rings (SSSR count). The van der Waals surface area contributed by atoms with Crippen LogP contribution < -0.4 is 5.11 Å². The maximum atomic E-state index is 12.5. The summed E-state index contributed by atoms with van der Waals surface area (Å²) in [4.78, 5) is 22.2. The van der Waals surface area contributed by atoms with Crippen molar-refractivity contribution in [3.05, 3.63) is 59.7 Å². The molecule has 2 aromatic rings. The molecule has 0 amide bonds. The summed E-state index contributed by atoms with van der Waals surface area (Å²) in [5, 5.41) is 20.1. The zero-order valence-corrected chi connectivity index (χ0v) is 26.7. The summed E-state index contributed by atoms with van der Waals surface area (Å²) < 4.78 is 13.9. The molecule has 0 radical (unpaired) electrons. The lowest BCUT2D eigenvalue weighted by Crippen LogP contribution is -2.50. The van der Waals surface area contributed by atoms with Crippen molar-refractivity contribution < 1.29 is 28.5 Å². The van der Waals surface area contributed by atoms with E-state index in [-0.39, 0.29) is 20.9 Å². The van der Waals surface area contributed by atoms with Crippen LogP contribution >= 0.6 is 0 Å². The standard InChI is InChI=1S/C20H44N.C14H10O5S/c1-5-9-13-17-21(18-14-10-6-2,19-15-11-7-3)20-16-12-8-4;15-13(16)9-5-1-3-7-11(9)20(19)12-8-4-2-6-10(12)14(17)18/h5-20H2,1-4H3;1-8H,(H,15,16)(H,17,18)/q+1;/p-1. The van der Waals surface area contributed by atoms with Gasteiger partial charge >= 0.3 is 5.97 Å². The van der Waals surface area contributed by atoms with Crippen LogP contribution in [0.3, 0.4) is 0 Å². The molecular weight excluding hydrogens is 534 g/mol. The average molecular weight is 588 g/mol. The molecule has 230 valence electrons. The lowest BCUT2D eigenvalue weighted by Gasteiger charge is -2.39. The SMILES string of the molecule is CCCCC[N+](CCCCC)(CCCCC)CCCCC.O=C([O-])c1ccccc1S(=O)c1ccccc1C(=O)O. The van der Waals surface area contributed by atoms with Crippen LogP contribution in [0.5, 0.6) is 0 Å². The van der Waals surface area contributed by atoms with Gasteiger partial charge in [-0.15, -0.1) is 0 Å². The van der Waals surface area contributed by atoms with Crippen molar-refractivity contribution in [2.45, 2.75) is 115 Å². The minimum atomic E-state index is -1.91. The molecule has 41 heavy (non-hydrogen) atoms. The first-order valence-electron chi connectivity index (χ1n) is 15.7. The van der Waals surface area contributed by atoms with Gasteiger partial charge in [0.25, 0.3) is 0 Å². The summed E-state index contributed by atoms with van der Waals surface area (Å²) >= 11 is 0. The van der Waals surface area contributed by atoms with E-state index in [1.165, 1.54) is 150 Å². The lowest BCUT2D eigenvalue weighted by molar-refractivity contribution is -0.929. The topological polar surface area (TPSA) is 94.5 Å². The average Bonchev–Trinajstić information content (AvgIpc) is 2.97. The second-order valence-corrected chi connectivity index (χ2v) is 12.3. The Bertz CT molecular complexity index is 950. The normalized spacial score (nSPS) is 11.9. The Balaban J connectivity index is 0.000000410. The van der Waals surface area contributed by atoms with E-state index in [2.05, 4.69) is 27.7 Å². The first kappa shape index (κ1) is 36.5. The molecule has 2 aromatic carbocycles. The highest BCUT2D eigenvalue weighted by Gasteiger charge is 2.25. The number of unbranched alkanes of at least 4 members (excludes halogenated alkanes) is 8. The number of hydrogen-bond acceptors (Lipinski definition) is 4. The van der Waals surface area contributed by atoms with E-state index in [0.29, 0.717) is 0 Å². The fourth-order valence-corrected chi connectivity index (χ4v) is 6.53. The van der Waals surface area contributed by atoms with Gasteiger partial charge in [-0.3, -0.25) is 0 Å². The fourth-order valence-electron chi connectivity index (χ4n) is 5.18. The van der Waals surface area contributed by atoms with Crippen LogP contribution in [0.4, 0.5) is 0 Å². The van der Waals surface area contributed by atoms with E-state index in [1.807, 2.05) is 0 Å². The van der Waals surface area contributed by atoms with Crippen LogP contribution in [-0.4, -0.2) is 51.9 Å². The van der Waals surface area contributed by atoms with Crippen LogP contribution in [0.1, 0.15) is 125 Å². The summed E-state index contributed by atoms with van der Waals surface area (Å²) in [6, 6.07) is 11.4. The van der Waals surface area contributed by atoms with Gasteiger partial charge in [0, 0.05) is 5.56 Å². The first-order valence-corrected chi connectivity index (χ1v) is 16.8. The second kappa shape index (κ2) is 21.2. The van der Waals surface area contributed by atoms with Crippen molar-refractivity contribution in [3.8, 4) is 0 Å². The quantitative estimate of drug-likeness (QED) is 0.128. The van der Waals surface area contributed by atoms with E-state index in [1.54, 1.807) is 6.07 Å². The summed E-state index contributed by atoms with van der Waals surface area (Å²) in [5.74, 6) is -2.68. The van der Waals surface area contributed by atoms with Crippen LogP contribution in [0.15, 0.2) is 58.3 Å². The maximum absolute atomic E-state index is 12.5. The molecule has 0 aliphatic carbocycles. The summed E-state index contributed by atoms with van der Waals surface area (Å²) in [6.45, 7) is 15.1. The molecule has 6 nitrogen and oxygen atoms in total. The van der Waals surface area contributed by atoms with Gasteiger partial charge in [-0.2, -0.15) is 0 Å². The smallest absolute Gasteiger partial charge is 0.336 e. The zero-order valence-electron chi connectivity index (χ0n) is 25.9. The lowest BCUT2D eigenvalue weighted by atomic mass is 10.1. The van der Waals surface area contributed by atoms with Gasteiger partial charge in [-0.25, -0.2) is 9.00 Å². The van der Waals surface area contributed by atoms with Gasteiger partial charge in [0.1, 0.15) is 0 Å². The Morgan fingerprint density at radius 1 is 0.634 bits per heavy atom. The molecular formula is C34H53NO5S. The number of carboxylic acids is 2. The van der Waals surface area contributed by atoms with Gasteiger partial charge in [-0.05, 0) is 69.6 Å². The van der Waals surface area contributed by atoms with Crippen LogP contribution in [0, 0.1) is 0 Å². The van der Waals surface area contributed by atoms with Gasteiger partial charge in [0.15, 0.2) is 0 Å². The molecule has 0 saturated heterocycles. The Kier molecular flexibility index (Phi) is 18.9. The van der Waals surface area contributed by atoms with Gasteiger partial charge < -0.3 is 19.5 Å². The van der Waals surface area contributed by atoms with E-state index >= 15 is 0 Å². The van der Waals surface area contributed by atoms with Crippen LogP contribution in [0.25, 0.3) is 0 Å². The molecule has 0 aliphatic rings. The Labute approximate surface area is 251 Å². The number of nitrogens with zero attached hydrogens (tertiary/aromatic N) is 1. The Morgan fingerprint density at radius 3 is 1.32 bits per heavy atom. The number of rotatable bonds is 20. The third-order valence-corrected chi connectivity index (χ3v) is 9.08. The molecule has 0 aromatic heterocycles. The monoisotopic (exact) mass is 587 g/mol. The molecule has 7 heteroatoms. The van der Waals surface area contributed by atoms with Crippen molar-refractivity contribution in [3.63, 3.8) is 0 Å². The predicted molar refractivity (Wildman–Crippen MR) is 167 cm³/mol. The highest BCUT2D eigenvalue weighted by atomic mass is 32.2. The fraction of sp³-hybridized carbons (Fsp3) is 0.588. The van der Waals surface area contributed by atoms with E-state index in [4.69, 9.17) is 5.11 Å². The number of aromatic carboxylic acids is 2. The first-order chi connectivity index (χ1) is 19.8.